The van der Waals surface area contributed by atoms with Crippen LogP contribution in [0.25, 0.3) is 0 Å². The van der Waals surface area contributed by atoms with Gasteiger partial charge in [0.2, 0.25) is 0 Å². The van der Waals surface area contributed by atoms with Gasteiger partial charge in [-0.1, -0.05) is 22.5 Å². The Bertz CT molecular complexity index is 421. The topological polar surface area (TPSA) is 18.5 Å². The highest BCUT2D eigenvalue weighted by Crippen LogP contribution is 2.60. The van der Waals surface area contributed by atoms with E-state index in [9.17, 15) is 0 Å². The third-order valence-electron chi connectivity index (χ3n) is 5.72. The van der Waals surface area contributed by atoms with Gasteiger partial charge in [-0.3, -0.25) is 0 Å². The summed E-state index contributed by atoms with van der Waals surface area (Å²) in [6.45, 7) is 8.74. The van der Waals surface area contributed by atoms with Gasteiger partial charge in [-0.2, -0.15) is 0 Å². The van der Waals surface area contributed by atoms with E-state index in [0.29, 0.717) is 0 Å². The number of allylic oxidation sites excluding steroid dienone is 2. The number of rotatable bonds is 6. The monoisotopic (exact) mass is 336 g/mol. The first-order chi connectivity index (χ1) is 10.4. The molecular weight excluding hydrogens is 304 g/mol. The van der Waals surface area contributed by atoms with E-state index in [1.54, 1.807) is 0 Å². The molecule has 0 spiro atoms. The van der Waals surface area contributed by atoms with Gasteiger partial charge in [-0.05, 0) is 71.6 Å². The minimum absolute atomic E-state index is 0.182. The van der Waals surface area contributed by atoms with Crippen LogP contribution in [-0.2, 0) is 8.85 Å². The van der Waals surface area contributed by atoms with E-state index in [4.69, 9.17) is 8.85 Å². The summed E-state index contributed by atoms with van der Waals surface area (Å²) in [4.78, 5) is 0. The van der Waals surface area contributed by atoms with Crippen molar-refractivity contribution in [2.75, 3.05) is 0 Å². The van der Waals surface area contributed by atoms with Crippen molar-refractivity contribution < 1.29 is 8.85 Å². The molecule has 0 atom stereocenters. The molecular formula is C18H32O2Si2. The highest BCUT2D eigenvalue weighted by atomic mass is 28.2. The summed E-state index contributed by atoms with van der Waals surface area (Å²) in [5.74, 6) is 1.73. The lowest BCUT2D eigenvalue weighted by Gasteiger charge is -2.61. The average molecular weight is 337 g/mol. The zero-order valence-electron chi connectivity index (χ0n) is 14.8. The van der Waals surface area contributed by atoms with Gasteiger partial charge in [0.1, 0.15) is 0 Å². The molecule has 4 bridgehead atoms. The van der Waals surface area contributed by atoms with E-state index in [0.717, 1.165) is 11.8 Å². The molecule has 2 nitrogen and oxygen atoms in total. The van der Waals surface area contributed by atoms with Crippen LogP contribution in [0, 0.1) is 11.8 Å². The van der Waals surface area contributed by atoms with E-state index in [1.165, 1.54) is 49.7 Å². The van der Waals surface area contributed by atoms with Crippen LogP contribution in [0.4, 0.5) is 0 Å². The zero-order chi connectivity index (χ0) is 15.8. The summed E-state index contributed by atoms with van der Waals surface area (Å²) in [7, 11) is -1.03. The molecule has 0 amide bonds. The molecule has 0 aromatic rings. The summed E-state index contributed by atoms with van der Waals surface area (Å²) < 4.78 is 13.2. The molecule has 0 saturated heterocycles. The van der Waals surface area contributed by atoms with E-state index in [1.807, 2.05) is 0 Å². The van der Waals surface area contributed by atoms with Gasteiger partial charge in [0, 0.05) is 6.42 Å². The fraction of sp³-hybridized carbons (Fsp3) is 0.778. The molecule has 0 radical (unpaired) electrons. The smallest absolute Gasteiger partial charge is 0.185 e. The fourth-order valence-electron chi connectivity index (χ4n) is 5.20. The molecule has 4 heteroatoms. The molecule has 22 heavy (non-hydrogen) atoms. The van der Waals surface area contributed by atoms with Crippen LogP contribution in [0.15, 0.2) is 22.5 Å². The molecule has 0 N–H and O–H groups in total. The van der Waals surface area contributed by atoms with Crippen LogP contribution in [0.5, 0.6) is 0 Å². The molecule has 4 rings (SSSR count). The largest absolute Gasteiger partial charge is 0.414 e. The Morgan fingerprint density at radius 1 is 0.818 bits per heavy atom. The second-order valence-electron chi connectivity index (χ2n) is 8.51. The Balaban J connectivity index is 1.69. The van der Waals surface area contributed by atoms with Crippen LogP contribution in [-0.4, -0.2) is 30.7 Å². The Morgan fingerprint density at radius 2 is 1.23 bits per heavy atom. The second kappa shape index (κ2) is 6.38. The summed E-state index contributed by atoms with van der Waals surface area (Å²) in [6.07, 6.45) is 7.85. The van der Waals surface area contributed by atoms with Crippen molar-refractivity contribution >= 4 is 19.5 Å². The second-order valence-corrected chi connectivity index (χ2v) is 10.6. The van der Waals surface area contributed by atoms with Crippen LogP contribution >= 0.6 is 0 Å². The van der Waals surface area contributed by atoms with E-state index in [2.05, 4.69) is 39.1 Å². The van der Waals surface area contributed by atoms with E-state index < -0.39 is 19.5 Å². The SMILES string of the molecule is CC(C)=C[SiH2]OC12CC3CC(C1)CC(O[SiH2]C=C(C)C)(C3)C2. The first kappa shape index (κ1) is 16.7. The number of hydrogen-bond acceptors (Lipinski definition) is 2. The Hall–Kier alpha value is -0.166. The maximum Gasteiger partial charge on any atom is 0.185 e. The van der Waals surface area contributed by atoms with Gasteiger partial charge in [-0.25, -0.2) is 0 Å². The molecule has 0 unspecified atom stereocenters. The maximum absolute atomic E-state index is 6.59. The third kappa shape index (κ3) is 3.66. The van der Waals surface area contributed by atoms with Crippen molar-refractivity contribution in [2.24, 2.45) is 11.8 Å². The van der Waals surface area contributed by atoms with Gasteiger partial charge in [0.15, 0.2) is 19.5 Å². The fourth-order valence-corrected chi connectivity index (χ4v) is 7.42. The molecule has 0 aliphatic heterocycles. The molecule has 4 fully saturated rings. The van der Waals surface area contributed by atoms with Gasteiger partial charge in [-0.15, -0.1) is 0 Å². The molecule has 4 aliphatic carbocycles. The van der Waals surface area contributed by atoms with Crippen LogP contribution < -0.4 is 0 Å². The third-order valence-corrected chi connectivity index (χ3v) is 9.24. The van der Waals surface area contributed by atoms with Crippen molar-refractivity contribution in [3.63, 3.8) is 0 Å². The average Bonchev–Trinajstić information content (AvgIpc) is 2.35. The van der Waals surface area contributed by atoms with Crippen molar-refractivity contribution in [3.05, 3.63) is 22.5 Å². The van der Waals surface area contributed by atoms with Crippen LogP contribution in [0.3, 0.4) is 0 Å². The zero-order valence-corrected chi connectivity index (χ0v) is 17.6. The Kier molecular flexibility index (Phi) is 4.84. The van der Waals surface area contributed by atoms with E-state index in [-0.39, 0.29) is 11.2 Å². The summed E-state index contributed by atoms with van der Waals surface area (Å²) in [5, 5.41) is 0. The first-order valence-electron chi connectivity index (χ1n) is 8.95. The minimum atomic E-state index is -0.516. The quantitative estimate of drug-likeness (QED) is 0.694. The Labute approximate surface area is 140 Å². The molecule has 0 aromatic heterocycles. The summed E-state index contributed by atoms with van der Waals surface area (Å²) in [6, 6.07) is 0. The van der Waals surface area contributed by atoms with Crippen molar-refractivity contribution in [1.82, 2.24) is 0 Å². The lowest BCUT2D eigenvalue weighted by atomic mass is 9.52. The predicted molar refractivity (Wildman–Crippen MR) is 98.3 cm³/mol. The van der Waals surface area contributed by atoms with Gasteiger partial charge in [0.25, 0.3) is 0 Å². The lowest BCUT2D eigenvalue weighted by molar-refractivity contribution is -0.176. The van der Waals surface area contributed by atoms with Crippen LogP contribution in [0.1, 0.15) is 66.2 Å². The van der Waals surface area contributed by atoms with Gasteiger partial charge >= 0.3 is 0 Å². The van der Waals surface area contributed by atoms with Crippen molar-refractivity contribution in [2.45, 2.75) is 77.4 Å². The molecule has 4 aliphatic rings. The minimum Gasteiger partial charge on any atom is -0.414 e. The van der Waals surface area contributed by atoms with Gasteiger partial charge in [0.05, 0.1) is 11.2 Å². The van der Waals surface area contributed by atoms with Crippen LogP contribution in [0.2, 0.25) is 0 Å². The van der Waals surface area contributed by atoms with Gasteiger partial charge < -0.3 is 8.85 Å². The highest BCUT2D eigenvalue weighted by molar-refractivity contribution is 6.35. The molecule has 0 heterocycles. The predicted octanol–water partition coefficient (Wildman–Crippen LogP) is 3.13. The lowest BCUT2D eigenvalue weighted by Crippen LogP contribution is -2.61. The Morgan fingerprint density at radius 3 is 1.59 bits per heavy atom. The summed E-state index contributed by atoms with van der Waals surface area (Å²) in [5.41, 5.74) is 7.92. The standard InChI is InChI=1S/C18H32O2Si2/c1-13(2)10-21-19-17-6-15-5-16(7-17)9-18(8-15,12-17)20-22-11-14(3)4/h10-11,15-16H,5-9,12,21-22H2,1-4H3. The molecule has 124 valence electrons. The summed E-state index contributed by atoms with van der Waals surface area (Å²) >= 11 is 0. The van der Waals surface area contributed by atoms with Crippen molar-refractivity contribution in [1.29, 1.82) is 0 Å². The first-order valence-corrected chi connectivity index (χ1v) is 11.7. The number of hydrogen-bond donors (Lipinski definition) is 0. The normalized spacial score (nSPS) is 40.0. The highest BCUT2D eigenvalue weighted by Gasteiger charge is 2.58. The maximum atomic E-state index is 6.59. The van der Waals surface area contributed by atoms with E-state index >= 15 is 0 Å². The molecule has 4 saturated carbocycles. The van der Waals surface area contributed by atoms with Crippen molar-refractivity contribution in [3.8, 4) is 0 Å². The molecule has 0 aromatic carbocycles.